The third-order valence-electron chi connectivity index (χ3n) is 4.76. The van der Waals surface area contributed by atoms with Crippen LogP contribution in [0.4, 0.5) is 0 Å². The van der Waals surface area contributed by atoms with Crippen molar-refractivity contribution in [2.45, 2.75) is 98.8 Å². The topological polar surface area (TPSA) is 0 Å². The molecule has 0 fully saturated rings. The summed E-state index contributed by atoms with van der Waals surface area (Å²) in [6.07, 6.45) is 13.9. The minimum atomic E-state index is 0.822. The lowest BCUT2D eigenvalue weighted by Gasteiger charge is -2.15. The minimum Gasteiger partial charge on any atom is -0.0628 e. The van der Waals surface area contributed by atoms with Crippen molar-refractivity contribution in [3.63, 3.8) is 0 Å². The summed E-state index contributed by atoms with van der Waals surface area (Å²) in [6.45, 7) is 15.9. The Morgan fingerprint density at radius 3 is 1.25 bits per heavy atom. The standard InChI is InChI=1S/C20H41/c1-7-18(4)12-9-14-20(6)16-10-15-19(5)13-8-11-17(2)3/h17-20H,1,7-16H2,2-6H3. The van der Waals surface area contributed by atoms with Crippen molar-refractivity contribution in [3.8, 4) is 0 Å². The Labute approximate surface area is 130 Å². The molecule has 0 amide bonds. The third kappa shape index (κ3) is 13.0. The van der Waals surface area contributed by atoms with E-state index in [1.54, 1.807) is 0 Å². The molecule has 0 aliphatic heterocycles. The summed E-state index contributed by atoms with van der Waals surface area (Å²) in [6, 6.07) is 0. The molecule has 0 aromatic heterocycles. The first-order valence-corrected chi connectivity index (χ1v) is 9.24. The molecule has 0 nitrogen and oxygen atoms in total. The van der Waals surface area contributed by atoms with E-state index in [-0.39, 0.29) is 0 Å². The van der Waals surface area contributed by atoms with Crippen LogP contribution in [-0.4, -0.2) is 0 Å². The molecule has 0 aromatic rings. The maximum absolute atomic E-state index is 3.99. The van der Waals surface area contributed by atoms with Gasteiger partial charge < -0.3 is 0 Å². The van der Waals surface area contributed by atoms with Crippen LogP contribution < -0.4 is 0 Å². The van der Waals surface area contributed by atoms with Crippen molar-refractivity contribution in [1.82, 2.24) is 0 Å². The van der Waals surface area contributed by atoms with Gasteiger partial charge in [0, 0.05) is 0 Å². The normalized spacial score (nSPS) is 16.4. The lowest BCUT2D eigenvalue weighted by atomic mass is 9.91. The van der Waals surface area contributed by atoms with Gasteiger partial charge >= 0.3 is 0 Å². The first kappa shape index (κ1) is 20.0. The maximum atomic E-state index is 3.99. The van der Waals surface area contributed by atoms with Gasteiger partial charge in [-0.2, -0.15) is 0 Å². The highest BCUT2D eigenvalue weighted by Crippen LogP contribution is 2.22. The van der Waals surface area contributed by atoms with Gasteiger partial charge in [0.2, 0.25) is 0 Å². The van der Waals surface area contributed by atoms with E-state index in [1.807, 2.05) is 0 Å². The summed E-state index contributed by atoms with van der Waals surface area (Å²) in [4.78, 5) is 0. The summed E-state index contributed by atoms with van der Waals surface area (Å²) in [5.41, 5.74) is 0. The molecular weight excluding hydrogens is 240 g/mol. The van der Waals surface area contributed by atoms with E-state index in [1.165, 1.54) is 57.8 Å². The highest BCUT2D eigenvalue weighted by molar-refractivity contribution is 4.61. The van der Waals surface area contributed by atoms with Crippen molar-refractivity contribution in [2.24, 2.45) is 23.7 Å². The smallest absolute Gasteiger partial charge is 0.0443 e. The van der Waals surface area contributed by atoms with Crippen LogP contribution in [0.1, 0.15) is 98.8 Å². The van der Waals surface area contributed by atoms with Crippen LogP contribution in [0.25, 0.3) is 0 Å². The molecule has 0 aromatic carbocycles. The van der Waals surface area contributed by atoms with E-state index < -0.39 is 0 Å². The fraction of sp³-hybridized carbons (Fsp3) is 0.950. The zero-order valence-corrected chi connectivity index (χ0v) is 15.1. The second-order valence-electron chi connectivity index (χ2n) is 7.79. The quantitative estimate of drug-likeness (QED) is 0.332. The highest BCUT2D eigenvalue weighted by Gasteiger charge is 2.07. The Kier molecular flexibility index (Phi) is 12.7. The molecule has 1 radical (unpaired) electrons. The van der Waals surface area contributed by atoms with E-state index in [0.717, 1.165) is 30.1 Å². The van der Waals surface area contributed by atoms with E-state index in [9.17, 15) is 0 Å². The first-order chi connectivity index (χ1) is 9.45. The number of rotatable bonds is 13. The van der Waals surface area contributed by atoms with E-state index in [4.69, 9.17) is 0 Å². The largest absolute Gasteiger partial charge is 0.0628 e. The molecule has 0 rings (SSSR count). The molecule has 3 unspecified atom stereocenters. The fourth-order valence-electron chi connectivity index (χ4n) is 2.94. The van der Waals surface area contributed by atoms with Gasteiger partial charge in [-0.3, -0.25) is 0 Å². The Balaban J connectivity index is 3.43. The van der Waals surface area contributed by atoms with Crippen molar-refractivity contribution in [3.05, 3.63) is 6.92 Å². The molecule has 0 saturated heterocycles. The van der Waals surface area contributed by atoms with E-state index in [0.29, 0.717) is 0 Å². The predicted octanol–water partition coefficient (Wildman–Crippen LogP) is 7.29. The molecule has 20 heavy (non-hydrogen) atoms. The molecule has 0 aliphatic carbocycles. The maximum Gasteiger partial charge on any atom is -0.0443 e. The molecule has 0 heterocycles. The molecule has 0 bridgehead atoms. The van der Waals surface area contributed by atoms with Crippen LogP contribution in [0, 0.1) is 30.6 Å². The van der Waals surface area contributed by atoms with Crippen molar-refractivity contribution in [1.29, 1.82) is 0 Å². The monoisotopic (exact) mass is 281 g/mol. The first-order valence-electron chi connectivity index (χ1n) is 9.24. The summed E-state index contributed by atoms with van der Waals surface area (Å²) in [7, 11) is 0. The lowest BCUT2D eigenvalue weighted by Crippen LogP contribution is -2.01. The molecule has 0 N–H and O–H groups in total. The zero-order valence-electron chi connectivity index (χ0n) is 15.1. The van der Waals surface area contributed by atoms with Crippen molar-refractivity contribution < 1.29 is 0 Å². The molecular formula is C20H41. The number of hydrogen-bond acceptors (Lipinski definition) is 0. The zero-order chi connectivity index (χ0) is 15.4. The SMILES string of the molecule is [CH2]CC(C)CCCC(C)CCCC(C)CCCC(C)C. The van der Waals surface area contributed by atoms with Gasteiger partial charge in [0.15, 0.2) is 0 Å². The van der Waals surface area contributed by atoms with Gasteiger partial charge in [-0.15, -0.1) is 0 Å². The molecule has 0 spiro atoms. The summed E-state index contributed by atoms with van der Waals surface area (Å²) in [5, 5.41) is 0. The van der Waals surface area contributed by atoms with E-state index in [2.05, 4.69) is 41.5 Å². The van der Waals surface area contributed by atoms with Gasteiger partial charge in [-0.1, -0.05) is 106 Å². The highest BCUT2D eigenvalue weighted by atomic mass is 14.1. The van der Waals surface area contributed by atoms with Crippen LogP contribution in [0.15, 0.2) is 0 Å². The molecule has 121 valence electrons. The second kappa shape index (κ2) is 12.7. The summed E-state index contributed by atoms with van der Waals surface area (Å²) < 4.78 is 0. The molecule has 0 heteroatoms. The minimum absolute atomic E-state index is 0.822. The molecule has 3 atom stereocenters. The lowest BCUT2D eigenvalue weighted by molar-refractivity contribution is 0.378. The average Bonchev–Trinajstić information content (AvgIpc) is 2.38. The van der Waals surface area contributed by atoms with Gasteiger partial charge in [0.25, 0.3) is 0 Å². The van der Waals surface area contributed by atoms with Gasteiger partial charge in [-0.25, -0.2) is 0 Å². The van der Waals surface area contributed by atoms with Gasteiger partial charge in [-0.05, 0) is 23.7 Å². The Morgan fingerprint density at radius 1 is 0.550 bits per heavy atom. The fourth-order valence-corrected chi connectivity index (χ4v) is 2.94. The molecule has 0 saturated carbocycles. The third-order valence-corrected chi connectivity index (χ3v) is 4.76. The van der Waals surface area contributed by atoms with Gasteiger partial charge in [0.1, 0.15) is 0 Å². The van der Waals surface area contributed by atoms with Crippen LogP contribution >= 0.6 is 0 Å². The average molecular weight is 282 g/mol. The van der Waals surface area contributed by atoms with Crippen LogP contribution in [0.3, 0.4) is 0 Å². The van der Waals surface area contributed by atoms with Crippen LogP contribution in [-0.2, 0) is 0 Å². The van der Waals surface area contributed by atoms with Gasteiger partial charge in [0.05, 0.1) is 0 Å². The van der Waals surface area contributed by atoms with E-state index >= 15 is 0 Å². The second-order valence-corrected chi connectivity index (χ2v) is 7.79. The summed E-state index contributed by atoms with van der Waals surface area (Å²) in [5.74, 6) is 3.56. The van der Waals surface area contributed by atoms with Crippen molar-refractivity contribution >= 4 is 0 Å². The van der Waals surface area contributed by atoms with Crippen LogP contribution in [0.2, 0.25) is 0 Å². The summed E-state index contributed by atoms with van der Waals surface area (Å²) >= 11 is 0. The Bertz CT molecular complexity index is 194. The van der Waals surface area contributed by atoms with Crippen LogP contribution in [0.5, 0.6) is 0 Å². The molecule has 0 aliphatic rings. The number of hydrogen-bond donors (Lipinski definition) is 0. The Morgan fingerprint density at radius 2 is 0.900 bits per heavy atom. The van der Waals surface area contributed by atoms with Crippen molar-refractivity contribution in [2.75, 3.05) is 0 Å². The Hall–Kier alpha value is 0. The predicted molar refractivity (Wildman–Crippen MR) is 93.9 cm³/mol.